The second kappa shape index (κ2) is 6.68. The molecule has 122 valence electrons. The molecule has 3 rings (SSSR count). The fraction of sp³-hybridized carbons (Fsp3) is 0.412. The number of amides is 1. The molecule has 1 atom stereocenters. The van der Waals surface area contributed by atoms with Gasteiger partial charge in [0.05, 0.1) is 6.04 Å². The minimum atomic E-state index is -0.176. The summed E-state index contributed by atoms with van der Waals surface area (Å²) in [7, 11) is 1.68. The van der Waals surface area contributed by atoms with Crippen LogP contribution in [0.4, 0.5) is 0 Å². The molecule has 2 aromatic rings. The Balaban J connectivity index is 1.81. The summed E-state index contributed by atoms with van der Waals surface area (Å²) in [5.74, 6) is 0.0360. The normalized spacial score (nSPS) is 17.7. The zero-order valence-corrected chi connectivity index (χ0v) is 14.2. The second-order valence-corrected chi connectivity index (χ2v) is 6.69. The van der Waals surface area contributed by atoms with Crippen LogP contribution >= 0.6 is 11.3 Å². The van der Waals surface area contributed by atoms with Crippen molar-refractivity contribution in [2.24, 2.45) is 0 Å². The average Bonchev–Trinajstić information content (AvgIpc) is 2.89. The van der Waals surface area contributed by atoms with E-state index in [1.165, 1.54) is 22.5 Å². The van der Waals surface area contributed by atoms with Gasteiger partial charge >= 0.3 is 4.87 Å². The van der Waals surface area contributed by atoms with Crippen LogP contribution in [0, 0.1) is 6.92 Å². The van der Waals surface area contributed by atoms with Gasteiger partial charge in [0.2, 0.25) is 5.91 Å². The van der Waals surface area contributed by atoms with E-state index in [1.54, 1.807) is 11.6 Å². The number of benzene rings is 1. The van der Waals surface area contributed by atoms with E-state index in [0.717, 1.165) is 12.2 Å². The number of likely N-dealkylation sites (N-methyl/N-ethyl adjacent to an activating group) is 1. The number of aromatic nitrogens is 1. The first-order valence-electron chi connectivity index (χ1n) is 7.77. The van der Waals surface area contributed by atoms with E-state index in [2.05, 4.69) is 22.3 Å². The van der Waals surface area contributed by atoms with Crippen LogP contribution < -0.4 is 10.2 Å². The first-order valence-corrected chi connectivity index (χ1v) is 8.65. The summed E-state index contributed by atoms with van der Waals surface area (Å²) in [4.78, 5) is 26.4. The maximum absolute atomic E-state index is 12.3. The topological polar surface area (TPSA) is 54.3 Å². The number of nitrogens with one attached hydrogen (secondary N) is 1. The van der Waals surface area contributed by atoms with Crippen molar-refractivity contribution < 1.29 is 4.79 Å². The Morgan fingerprint density at radius 3 is 2.70 bits per heavy atom. The first-order chi connectivity index (χ1) is 11.1. The highest BCUT2D eigenvalue weighted by atomic mass is 32.1. The summed E-state index contributed by atoms with van der Waals surface area (Å²) in [6.07, 6.45) is 0.716. The van der Waals surface area contributed by atoms with Gasteiger partial charge in [0.25, 0.3) is 0 Å². The molecule has 0 spiro atoms. The molecule has 1 aliphatic rings. The smallest absolute Gasteiger partial charge is 0.307 e. The monoisotopic (exact) mass is 331 g/mol. The molecule has 0 bridgehead atoms. The number of hydrogen-bond acceptors (Lipinski definition) is 4. The van der Waals surface area contributed by atoms with Crippen molar-refractivity contribution in [3.63, 3.8) is 0 Å². The van der Waals surface area contributed by atoms with Crippen molar-refractivity contribution in [3.8, 4) is 0 Å². The van der Waals surface area contributed by atoms with Gasteiger partial charge in [-0.3, -0.25) is 14.5 Å². The molecule has 0 saturated heterocycles. The third-order valence-electron chi connectivity index (χ3n) is 4.48. The molecule has 1 aromatic heterocycles. The standard InChI is InChI=1S/C17H21N3O2S/c1-12-11-23-17(22)20(12)8-7-19-10-14-6-4-3-5-13(14)9-15(19)16(21)18-2/h3-6,11,15H,7-10H2,1-2H3,(H,18,21). The molecule has 5 nitrogen and oxygen atoms in total. The highest BCUT2D eigenvalue weighted by Gasteiger charge is 2.30. The Morgan fingerprint density at radius 2 is 2.04 bits per heavy atom. The van der Waals surface area contributed by atoms with Gasteiger partial charge in [-0.15, -0.1) is 0 Å². The minimum absolute atomic E-state index is 0.0360. The van der Waals surface area contributed by atoms with E-state index >= 15 is 0 Å². The van der Waals surface area contributed by atoms with Gasteiger partial charge in [-0.25, -0.2) is 0 Å². The fourth-order valence-corrected chi connectivity index (χ4v) is 3.90. The molecule has 0 radical (unpaired) electrons. The van der Waals surface area contributed by atoms with E-state index in [0.29, 0.717) is 19.5 Å². The molecule has 23 heavy (non-hydrogen) atoms. The van der Waals surface area contributed by atoms with Crippen LogP contribution in [0.15, 0.2) is 34.4 Å². The third-order valence-corrected chi connectivity index (χ3v) is 5.36. The van der Waals surface area contributed by atoms with Gasteiger partial charge in [0, 0.05) is 37.8 Å². The van der Waals surface area contributed by atoms with E-state index in [9.17, 15) is 9.59 Å². The number of carbonyl (C=O) groups excluding carboxylic acids is 1. The van der Waals surface area contributed by atoms with Crippen LogP contribution in [0.2, 0.25) is 0 Å². The van der Waals surface area contributed by atoms with Crippen molar-refractivity contribution in [2.45, 2.75) is 32.5 Å². The van der Waals surface area contributed by atoms with Crippen molar-refractivity contribution in [2.75, 3.05) is 13.6 Å². The molecule has 1 N–H and O–H groups in total. The van der Waals surface area contributed by atoms with Crippen LogP contribution in [0.3, 0.4) is 0 Å². The lowest BCUT2D eigenvalue weighted by Crippen LogP contribution is -2.50. The lowest BCUT2D eigenvalue weighted by atomic mass is 9.93. The Hall–Kier alpha value is -1.92. The predicted octanol–water partition coefficient (Wildman–Crippen LogP) is 1.39. The van der Waals surface area contributed by atoms with Crippen LogP contribution in [0.5, 0.6) is 0 Å². The van der Waals surface area contributed by atoms with E-state index in [4.69, 9.17) is 0 Å². The molecule has 1 unspecified atom stereocenters. The van der Waals surface area contributed by atoms with Gasteiger partial charge in [0.1, 0.15) is 0 Å². The highest BCUT2D eigenvalue weighted by molar-refractivity contribution is 7.07. The molecule has 1 aliphatic heterocycles. The zero-order chi connectivity index (χ0) is 16.4. The Bertz CT molecular complexity index is 765. The third kappa shape index (κ3) is 3.23. The molecule has 6 heteroatoms. The Morgan fingerprint density at radius 1 is 1.30 bits per heavy atom. The van der Waals surface area contributed by atoms with Gasteiger partial charge < -0.3 is 9.88 Å². The molecular weight excluding hydrogens is 310 g/mol. The fourth-order valence-electron chi connectivity index (χ4n) is 3.14. The first kappa shape index (κ1) is 16.0. The number of hydrogen-bond donors (Lipinski definition) is 1. The van der Waals surface area contributed by atoms with Gasteiger partial charge in [0.15, 0.2) is 0 Å². The molecule has 0 fully saturated rings. The minimum Gasteiger partial charge on any atom is -0.358 e. The number of thiazole rings is 1. The quantitative estimate of drug-likeness (QED) is 0.921. The van der Waals surface area contributed by atoms with Crippen LogP contribution in [-0.4, -0.2) is 35.0 Å². The Labute approximate surface area is 139 Å². The lowest BCUT2D eigenvalue weighted by molar-refractivity contribution is -0.126. The lowest BCUT2D eigenvalue weighted by Gasteiger charge is -2.35. The second-order valence-electron chi connectivity index (χ2n) is 5.87. The van der Waals surface area contributed by atoms with Crippen molar-refractivity contribution in [3.05, 3.63) is 56.1 Å². The molecule has 2 heterocycles. The molecule has 0 saturated carbocycles. The molecule has 0 aliphatic carbocycles. The van der Waals surface area contributed by atoms with Crippen molar-refractivity contribution in [1.29, 1.82) is 0 Å². The predicted molar refractivity (Wildman–Crippen MR) is 91.7 cm³/mol. The summed E-state index contributed by atoms with van der Waals surface area (Å²) < 4.78 is 1.78. The van der Waals surface area contributed by atoms with E-state index in [-0.39, 0.29) is 16.8 Å². The Kier molecular flexibility index (Phi) is 4.63. The maximum atomic E-state index is 12.3. The number of aryl methyl sites for hydroxylation is 1. The summed E-state index contributed by atoms with van der Waals surface area (Å²) >= 11 is 1.23. The van der Waals surface area contributed by atoms with Gasteiger partial charge in [-0.05, 0) is 24.5 Å². The van der Waals surface area contributed by atoms with Gasteiger partial charge in [-0.2, -0.15) is 0 Å². The zero-order valence-electron chi connectivity index (χ0n) is 13.4. The van der Waals surface area contributed by atoms with Crippen LogP contribution in [-0.2, 0) is 24.3 Å². The summed E-state index contributed by atoms with van der Waals surface area (Å²) in [5.41, 5.74) is 3.48. The molecular formula is C17H21N3O2S. The summed E-state index contributed by atoms with van der Waals surface area (Å²) in [6, 6.07) is 8.08. The average molecular weight is 331 g/mol. The van der Waals surface area contributed by atoms with Crippen molar-refractivity contribution >= 4 is 17.2 Å². The van der Waals surface area contributed by atoms with Crippen LogP contribution in [0.1, 0.15) is 16.8 Å². The van der Waals surface area contributed by atoms with E-state index < -0.39 is 0 Å². The summed E-state index contributed by atoms with van der Waals surface area (Å²) in [5, 5.41) is 4.64. The number of rotatable bonds is 4. The maximum Gasteiger partial charge on any atom is 0.307 e. The van der Waals surface area contributed by atoms with Crippen molar-refractivity contribution in [1.82, 2.24) is 14.8 Å². The van der Waals surface area contributed by atoms with E-state index in [1.807, 2.05) is 24.4 Å². The van der Waals surface area contributed by atoms with Crippen LogP contribution in [0.25, 0.3) is 0 Å². The SMILES string of the molecule is CNC(=O)C1Cc2ccccc2CN1CCn1c(C)csc1=O. The largest absolute Gasteiger partial charge is 0.358 e. The molecule has 1 aromatic carbocycles. The highest BCUT2D eigenvalue weighted by Crippen LogP contribution is 2.23. The number of carbonyl (C=O) groups is 1. The summed E-state index contributed by atoms with van der Waals surface area (Å²) in [6.45, 7) is 3.99. The molecule has 1 amide bonds. The van der Waals surface area contributed by atoms with Gasteiger partial charge in [-0.1, -0.05) is 35.6 Å². The number of fused-ring (bicyclic) bond motifs is 1. The number of nitrogens with zero attached hydrogens (tertiary/aromatic N) is 2.